The number of carbonyl (C=O) groups is 2. The fourth-order valence-electron chi connectivity index (χ4n) is 2.46. The van der Waals surface area contributed by atoms with Gasteiger partial charge in [-0.05, 0) is 17.5 Å². The van der Waals surface area contributed by atoms with Crippen molar-refractivity contribution in [3.63, 3.8) is 0 Å². The zero-order chi connectivity index (χ0) is 12.0. The summed E-state index contributed by atoms with van der Waals surface area (Å²) >= 11 is 0. The highest BCUT2D eigenvalue weighted by molar-refractivity contribution is 5.89. The third-order valence-corrected chi connectivity index (χ3v) is 3.58. The van der Waals surface area contributed by atoms with Crippen molar-refractivity contribution in [3.8, 4) is 0 Å². The standard InChI is InChI=1S/C13H13NO3/c15-12(10-5-11(10)13(16)17)14-6-8-3-1-2-4-9(8)7-14/h1-4,10-11H,5-7H2,(H,16,17)/t10-,11-/m0/s1. The minimum absolute atomic E-state index is 0.00593. The lowest BCUT2D eigenvalue weighted by Crippen LogP contribution is -2.28. The number of aliphatic carboxylic acids is 1. The Morgan fingerprint density at radius 2 is 1.71 bits per heavy atom. The number of fused-ring (bicyclic) bond motifs is 1. The van der Waals surface area contributed by atoms with Gasteiger partial charge in [-0.1, -0.05) is 24.3 Å². The number of carbonyl (C=O) groups excluding carboxylic acids is 1. The molecular weight excluding hydrogens is 218 g/mol. The summed E-state index contributed by atoms with van der Waals surface area (Å²) in [6, 6.07) is 7.96. The maximum Gasteiger partial charge on any atom is 0.307 e. The van der Waals surface area contributed by atoms with Crippen LogP contribution in [0.5, 0.6) is 0 Å². The van der Waals surface area contributed by atoms with Gasteiger partial charge in [0.25, 0.3) is 0 Å². The van der Waals surface area contributed by atoms with Gasteiger partial charge in [-0.15, -0.1) is 0 Å². The van der Waals surface area contributed by atoms with Gasteiger partial charge in [-0.25, -0.2) is 0 Å². The van der Waals surface area contributed by atoms with Crippen LogP contribution in [0.3, 0.4) is 0 Å². The quantitative estimate of drug-likeness (QED) is 0.833. The highest BCUT2D eigenvalue weighted by Crippen LogP contribution is 2.41. The molecule has 0 unspecified atom stereocenters. The Morgan fingerprint density at radius 1 is 1.12 bits per heavy atom. The molecule has 2 atom stereocenters. The molecule has 0 aromatic heterocycles. The molecule has 0 saturated heterocycles. The third-order valence-electron chi connectivity index (χ3n) is 3.58. The number of carboxylic acids is 1. The van der Waals surface area contributed by atoms with E-state index in [0.717, 1.165) is 0 Å². The van der Waals surface area contributed by atoms with Crippen LogP contribution in [0.4, 0.5) is 0 Å². The Bertz CT molecular complexity index is 472. The predicted octanol–water partition coefficient (Wildman–Crippen LogP) is 1.25. The maximum atomic E-state index is 12.1. The van der Waals surface area contributed by atoms with E-state index in [4.69, 9.17) is 5.11 Å². The summed E-state index contributed by atoms with van der Waals surface area (Å²) in [7, 11) is 0. The molecule has 1 N–H and O–H groups in total. The van der Waals surface area contributed by atoms with Crippen LogP contribution in [0.25, 0.3) is 0 Å². The van der Waals surface area contributed by atoms with Crippen molar-refractivity contribution in [3.05, 3.63) is 35.4 Å². The monoisotopic (exact) mass is 231 g/mol. The van der Waals surface area contributed by atoms with Crippen LogP contribution in [-0.2, 0) is 22.7 Å². The van der Waals surface area contributed by atoms with Crippen molar-refractivity contribution >= 4 is 11.9 Å². The van der Waals surface area contributed by atoms with Gasteiger partial charge in [0.15, 0.2) is 0 Å². The van der Waals surface area contributed by atoms with Gasteiger partial charge in [-0.3, -0.25) is 9.59 Å². The topological polar surface area (TPSA) is 57.6 Å². The number of nitrogens with zero attached hydrogens (tertiary/aromatic N) is 1. The zero-order valence-electron chi connectivity index (χ0n) is 9.30. The SMILES string of the molecule is O=C(O)[C@H]1C[C@@H]1C(=O)N1Cc2ccccc2C1. The van der Waals surface area contributed by atoms with Crippen LogP contribution in [0.15, 0.2) is 24.3 Å². The molecule has 1 amide bonds. The number of hydrogen-bond donors (Lipinski definition) is 1. The molecule has 1 fully saturated rings. The first-order chi connectivity index (χ1) is 8.16. The molecular formula is C13H13NO3. The number of benzene rings is 1. The van der Waals surface area contributed by atoms with Crippen LogP contribution in [-0.4, -0.2) is 21.9 Å². The normalized spacial score (nSPS) is 25.5. The molecule has 1 aromatic carbocycles. The number of amides is 1. The number of carboxylic acid groups (broad SMARTS) is 1. The molecule has 1 aromatic rings. The second kappa shape index (κ2) is 3.58. The summed E-state index contributed by atoms with van der Waals surface area (Å²) in [6.45, 7) is 1.25. The summed E-state index contributed by atoms with van der Waals surface area (Å²) < 4.78 is 0. The van der Waals surface area contributed by atoms with Crippen molar-refractivity contribution in [1.29, 1.82) is 0 Å². The van der Waals surface area contributed by atoms with Crippen molar-refractivity contribution in [2.24, 2.45) is 11.8 Å². The second-order valence-electron chi connectivity index (χ2n) is 4.75. The minimum atomic E-state index is -0.847. The van der Waals surface area contributed by atoms with E-state index in [9.17, 15) is 9.59 Å². The lowest BCUT2D eigenvalue weighted by molar-refractivity contribution is -0.142. The van der Waals surface area contributed by atoms with Crippen LogP contribution < -0.4 is 0 Å². The van der Waals surface area contributed by atoms with Gasteiger partial charge in [0.2, 0.25) is 5.91 Å². The Labute approximate surface area is 98.9 Å². The first-order valence-corrected chi connectivity index (χ1v) is 5.75. The largest absolute Gasteiger partial charge is 0.481 e. The summed E-state index contributed by atoms with van der Waals surface area (Å²) in [5, 5.41) is 8.82. The Morgan fingerprint density at radius 3 is 2.18 bits per heavy atom. The third kappa shape index (κ3) is 1.69. The number of rotatable bonds is 2. The number of hydrogen-bond acceptors (Lipinski definition) is 2. The Hall–Kier alpha value is -1.84. The van der Waals surface area contributed by atoms with Gasteiger partial charge in [-0.2, -0.15) is 0 Å². The van der Waals surface area contributed by atoms with E-state index in [0.29, 0.717) is 19.5 Å². The molecule has 1 saturated carbocycles. The molecule has 3 rings (SSSR count). The van der Waals surface area contributed by atoms with Crippen LogP contribution >= 0.6 is 0 Å². The lowest BCUT2D eigenvalue weighted by atomic mass is 10.1. The fourth-order valence-corrected chi connectivity index (χ4v) is 2.46. The van der Waals surface area contributed by atoms with E-state index in [2.05, 4.69) is 0 Å². The Kier molecular flexibility index (Phi) is 2.18. The minimum Gasteiger partial charge on any atom is -0.481 e. The van der Waals surface area contributed by atoms with E-state index >= 15 is 0 Å². The van der Waals surface area contributed by atoms with Crippen molar-refractivity contribution in [2.75, 3.05) is 0 Å². The van der Waals surface area contributed by atoms with Gasteiger partial charge in [0.1, 0.15) is 0 Å². The summed E-state index contributed by atoms with van der Waals surface area (Å²) in [5.74, 6) is -1.60. The molecule has 1 aliphatic carbocycles. The highest BCUT2D eigenvalue weighted by atomic mass is 16.4. The van der Waals surface area contributed by atoms with E-state index < -0.39 is 11.9 Å². The molecule has 0 bridgehead atoms. The van der Waals surface area contributed by atoms with Gasteiger partial charge in [0.05, 0.1) is 11.8 Å². The second-order valence-corrected chi connectivity index (χ2v) is 4.75. The average Bonchev–Trinajstić information content (AvgIpc) is 3.00. The smallest absolute Gasteiger partial charge is 0.307 e. The van der Waals surface area contributed by atoms with Crippen LogP contribution in [0.2, 0.25) is 0 Å². The predicted molar refractivity (Wildman–Crippen MR) is 59.9 cm³/mol. The van der Waals surface area contributed by atoms with E-state index in [1.807, 2.05) is 24.3 Å². The zero-order valence-corrected chi connectivity index (χ0v) is 9.30. The molecule has 17 heavy (non-hydrogen) atoms. The molecule has 88 valence electrons. The highest BCUT2D eigenvalue weighted by Gasteiger charge is 2.50. The first-order valence-electron chi connectivity index (χ1n) is 5.75. The van der Waals surface area contributed by atoms with E-state index in [-0.39, 0.29) is 11.8 Å². The van der Waals surface area contributed by atoms with Gasteiger partial charge < -0.3 is 10.0 Å². The maximum absolute atomic E-state index is 12.1. The molecule has 0 radical (unpaired) electrons. The van der Waals surface area contributed by atoms with E-state index in [1.165, 1.54) is 11.1 Å². The van der Waals surface area contributed by atoms with E-state index in [1.54, 1.807) is 4.90 Å². The Balaban J connectivity index is 1.70. The first kappa shape index (κ1) is 10.3. The molecule has 0 spiro atoms. The summed E-state index contributed by atoms with van der Waals surface area (Å²) in [5.41, 5.74) is 2.35. The molecule has 1 aliphatic heterocycles. The fraction of sp³-hybridized carbons (Fsp3) is 0.385. The van der Waals surface area contributed by atoms with Gasteiger partial charge in [0, 0.05) is 13.1 Å². The molecule has 4 nitrogen and oxygen atoms in total. The van der Waals surface area contributed by atoms with Crippen LogP contribution in [0.1, 0.15) is 17.5 Å². The van der Waals surface area contributed by atoms with Crippen molar-refractivity contribution < 1.29 is 14.7 Å². The lowest BCUT2D eigenvalue weighted by Gasteiger charge is -2.14. The van der Waals surface area contributed by atoms with Crippen LogP contribution in [0, 0.1) is 11.8 Å². The molecule has 1 heterocycles. The average molecular weight is 231 g/mol. The molecule has 2 aliphatic rings. The van der Waals surface area contributed by atoms with Crippen molar-refractivity contribution in [2.45, 2.75) is 19.5 Å². The van der Waals surface area contributed by atoms with Crippen molar-refractivity contribution in [1.82, 2.24) is 4.90 Å². The summed E-state index contributed by atoms with van der Waals surface area (Å²) in [4.78, 5) is 24.6. The van der Waals surface area contributed by atoms with Gasteiger partial charge >= 0.3 is 5.97 Å². The molecule has 4 heteroatoms. The summed E-state index contributed by atoms with van der Waals surface area (Å²) in [6.07, 6.45) is 0.501.